The molecule has 21 heavy (non-hydrogen) atoms. The summed E-state index contributed by atoms with van der Waals surface area (Å²) in [5, 5.41) is 3.02. The zero-order valence-corrected chi connectivity index (χ0v) is 13.9. The van der Waals surface area contributed by atoms with Crippen molar-refractivity contribution < 1.29 is 8.42 Å². The molecule has 2 N–H and O–H groups in total. The quantitative estimate of drug-likeness (QED) is 0.823. The molecule has 1 heterocycles. The summed E-state index contributed by atoms with van der Waals surface area (Å²) in [5.41, 5.74) is 2.19. The van der Waals surface area contributed by atoms with Crippen LogP contribution in [-0.2, 0) is 29.5 Å². The first-order valence-corrected chi connectivity index (χ1v) is 9.16. The van der Waals surface area contributed by atoms with Crippen LogP contribution >= 0.6 is 11.3 Å². The Morgan fingerprint density at radius 3 is 2.43 bits per heavy atom. The molecule has 0 atom stereocenters. The average molecular weight is 324 g/mol. The van der Waals surface area contributed by atoms with Gasteiger partial charge in [-0.2, -0.15) is 0 Å². The van der Waals surface area contributed by atoms with Crippen LogP contribution in [0, 0.1) is 0 Å². The Morgan fingerprint density at radius 2 is 1.76 bits per heavy atom. The van der Waals surface area contributed by atoms with Gasteiger partial charge in [0.1, 0.15) is 4.21 Å². The molecule has 0 bridgehead atoms. The molecule has 0 aliphatic heterocycles. The van der Waals surface area contributed by atoms with Crippen molar-refractivity contribution in [2.75, 3.05) is 7.05 Å². The Bertz CT molecular complexity index is 693. The molecule has 0 saturated heterocycles. The van der Waals surface area contributed by atoms with Crippen molar-refractivity contribution in [1.82, 2.24) is 10.0 Å². The first-order valence-electron chi connectivity index (χ1n) is 6.86. The van der Waals surface area contributed by atoms with Gasteiger partial charge in [0, 0.05) is 18.0 Å². The Labute approximate surface area is 130 Å². The van der Waals surface area contributed by atoms with Gasteiger partial charge in [0.2, 0.25) is 10.0 Å². The van der Waals surface area contributed by atoms with Crippen molar-refractivity contribution in [2.24, 2.45) is 0 Å². The molecule has 1 aromatic carbocycles. The molecule has 0 radical (unpaired) electrons. The number of thiophene rings is 1. The van der Waals surface area contributed by atoms with Gasteiger partial charge in [-0.25, -0.2) is 13.1 Å². The zero-order valence-electron chi connectivity index (χ0n) is 12.2. The highest BCUT2D eigenvalue weighted by Crippen LogP contribution is 2.21. The van der Waals surface area contributed by atoms with E-state index in [1.807, 2.05) is 37.4 Å². The summed E-state index contributed by atoms with van der Waals surface area (Å²) in [6.45, 7) is 3.07. The van der Waals surface area contributed by atoms with Crippen molar-refractivity contribution in [3.8, 4) is 0 Å². The molecule has 2 rings (SSSR count). The number of benzene rings is 1. The summed E-state index contributed by atoms with van der Waals surface area (Å²) < 4.78 is 27.6. The van der Waals surface area contributed by atoms with Crippen LogP contribution in [0.4, 0.5) is 0 Å². The summed E-state index contributed by atoms with van der Waals surface area (Å²) in [7, 11) is -1.60. The molecular weight excluding hydrogens is 304 g/mol. The highest BCUT2D eigenvalue weighted by atomic mass is 32.2. The van der Waals surface area contributed by atoms with Crippen LogP contribution in [0.25, 0.3) is 0 Å². The van der Waals surface area contributed by atoms with Crippen molar-refractivity contribution in [2.45, 2.75) is 30.6 Å². The van der Waals surface area contributed by atoms with E-state index >= 15 is 0 Å². The van der Waals surface area contributed by atoms with Crippen molar-refractivity contribution in [1.29, 1.82) is 0 Å². The summed E-state index contributed by atoms with van der Waals surface area (Å²) in [5.74, 6) is 0. The van der Waals surface area contributed by atoms with Gasteiger partial charge >= 0.3 is 0 Å². The van der Waals surface area contributed by atoms with Crippen LogP contribution in [0.3, 0.4) is 0 Å². The van der Waals surface area contributed by atoms with Gasteiger partial charge < -0.3 is 5.32 Å². The highest BCUT2D eigenvalue weighted by molar-refractivity contribution is 7.91. The lowest BCUT2D eigenvalue weighted by atomic mass is 10.1. The number of nitrogens with one attached hydrogen (secondary N) is 2. The summed E-state index contributed by atoms with van der Waals surface area (Å²) in [6.07, 6.45) is 0.892. The topological polar surface area (TPSA) is 58.2 Å². The molecule has 4 nitrogen and oxygen atoms in total. The Kier molecular flexibility index (Phi) is 5.52. The SMILES string of the molecule is CCc1ccccc1CNS(=O)(=O)c1ccc(CNC)s1. The van der Waals surface area contributed by atoms with E-state index in [-0.39, 0.29) is 0 Å². The van der Waals surface area contributed by atoms with Gasteiger partial charge in [-0.05, 0) is 36.7 Å². The van der Waals surface area contributed by atoms with Crippen LogP contribution in [0.2, 0.25) is 0 Å². The molecule has 0 spiro atoms. The lowest BCUT2D eigenvalue weighted by Gasteiger charge is -2.09. The Balaban J connectivity index is 2.10. The lowest BCUT2D eigenvalue weighted by Crippen LogP contribution is -2.23. The molecule has 6 heteroatoms. The van der Waals surface area contributed by atoms with E-state index in [4.69, 9.17) is 0 Å². The van der Waals surface area contributed by atoms with E-state index in [0.29, 0.717) is 17.3 Å². The minimum Gasteiger partial charge on any atom is -0.315 e. The molecule has 0 aliphatic carbocycles. The number of aryl methyl sites for hydroxylation is 1. The van der Waals surface area contributed by atoms with Gasteiger partial charge in [0.15, 0.2) is 0 Å². The van der Waals surface area contributed by atoms with E-state index in [1.165, 1.54) is 16.9 Å². The fourth-order valence-electron chi connectivity index (χ4n) is 2.09. The van der Waals surface area contributed by atoms with Gasteiger partial charge in [0.05, 0.1) is 0 Å². The molecule has 114 valence electrons. The second kappa shape index (κ2) is 7.17. The molecule has 0 aliphatic rings. The largest absolute Gasteiger partial charge is 0.315 e. The number of rotatable bonds is 7. The Morgan fingerprint density at radius 1 is 1.05 bits per heavy atom. The minimum absolute atomic E-state index is 0.325. The maximum Gasteiger partial charge on any atom is 0.250 e. The third-order valence-electron chi connectivity index (χ3n) is 3.20. The second-order valence-electron chi connectivity index (χ2n) is 4.70. The Hall–Kier alpha value is -1.21. The normalized spacial score (nSPS) is 11.7. The molecule has 0 fully saturated rings. The number of sulfonamides is 1. The summed E-state index contributed by atoms with van der Waals surface area (Å²) in [4.78, 5) is 1.01. The third-order valence-corrected chi connectivity index (χ3v) is 6.18. The minimum atomic E-state index is -3.44. The predicted molar refractivity (Wildman–Crippen MR) is 86.9 cm³/mol. The van der Waals surface area contributed by atoms with Gasteiger partial charge in [-0.3, -0.25) is 0 Å². The zero-order chi connectivity index (χ0) is 15.3. The monoisotopic (exact) mass is 324 g/mol. The van der Waals surface area contributed by atoms with Gasteiger partial charge in [-0.1, -0.05) is 31.2 Å². The molecule has 0 amide bonds. The van der Waals surface area contributed by atoms with Crippen molar-refractivity contribution >= 4 is 21.4 Å². The maximum absolute atomic E-state index is 12.3. The first kappa shape index (κ1) is 16.2. The van der Waals surface area contributed by atoms with E-state index in [1.54, 1.807) is 6.07 Å². The van der Waals surface area contributed by atoms with Crippen LogP contribution in [0.5, 0.6) is 0 Å². The van der Waals surface area contributed by atoms with E-state index < -0.39 is 10.0 Å². The standard InChI is InChI=1S/C15H20N2O2S2/c1-3-12-6-4-5-7-13(12)10-17-21(18,19)15-9-8-14(20-15)11-16-2/h4-9,16-17H,3,10-11H2,1-2H3. The molecular formula is C15H20N2O2S2. The fraction of sp³-hybridized carbons (Fsp3) is 0.333. The molecule has 0 unspecified atom stereocenters. The third kappa shape index (κ3) is 4.14. The smallest absolute Gasteiger partial charge is 0.250 e. The average Bonchev–Trinajstić information content (AvgIpc) is 2.95. The van der Waals surface area contributed by atoms with Crippen LogP contribution in [-0.4, -0.2) is 15.5 Å². The fourth-order valence-corrected chi connectivity index (χ4v) is 4.51. The van der Waals surface area contributed by atoms with E-state index in [0.717, 1.165) is 16.9 Å². The van der Waals surface area contributed by atoms with Crippen molar-refractivity contribution in [3.05, 3.63) is 52.4 Å². The van der Waals surface area contributed by atoms with Crippen LogP contribution in [0.15, 0.2) is 40.6 Å². The molecule has 0 saturated carbocycles. The summed E-state index contributed by atoms with van der Waals surface area (Å²) >= 11 is 1.30. The summed E-state index contributed by atoms with van der Waals surface area (Å²) in [6, 6.07) is 11.4. The number of hydrogen-bond donors (Lipinski definition) is 2. The predicted octanol–water partition coefficient (Wildman–Crippen LogP) is 2.51. The van der Waals surface area contributed by atoms with Crippen LogP contribution in [0.1, 0.15) is 22.9 Å². The second-order valence-corrected chi connectivity index (χ2v) is 7.86. The van der Waals surface area contributed by atoms with E-state index in [9.17, 15) is 8.42 Å². The van der Waals surface area contributed by atoms with E-state index in [2.05, 4.69) is 17.0 Å². The maximum atomic E-state index is 12.3. The number of hydrogen-bond acceptors (Lipinski definition) is 4. The first-order chi connectivity index (χ1) is 10.1. The lowest BCUT2D eigenvalue weighted by molar-refractivity contribution is 0.583. The highest BCUT2D eigenvalue weighted by Gasteiger charge is 2.16. The molecule has 2 aromatic rings. The van der Waals surface area contributed by atoms with Gasteiger partial charge in [-0.15, -0.1) is 11.3 Å². The van der Waals surface area contributed by atoms with Crippen molar-refractivity contribution in [3.63, 3.8) is 0 Å². The van der Waals surface area contributed by atoms with Gasteiger partial charge in [0.25, 0.3) is 0 Å². The van der Waals surface area contributed by atoms with Crippen LogP contribution < -0.4 is 10.0 Å². The molecule has 1 aromatic heterocycles.